The maximum atomic E-state index is 9.73. The molecular formula is C12H25N3O. The van der Waals surface area contributed by atoms with E-state index < -0.39 is 0 Å². The van der Waals surface area contributed by atoms with Gasteiger partial charge >= 0.3 is 0 Å². The van der Waals surface area contributed by atoms with Crippen molar-refractivity contribution in [2.24, 2.45) is 5.92 Å². The first-order valence-electron chi connectivity index (χ1n) is 6.39. The number of rotatable bonds is 5. The van der Waals surface area contributed by atoms with Gasteiger partial charge in [0.05, 0.1) is 6.61 Å². The zero-order valence-corrected chi connectivity index (χ0v) is 10.6. The fraction of sp³-hybridized carbons (Fsp3) is 1.00. The summed E-state index contributed by atoms with van der Waals surface area (Å²) in [6, 6.07) is 0. The molecule has 2 rings (SSSR count). The molecule has 0 aromatic heterocycles. The number of hydrogen-bond acceptors (Lipinski definition) is 4. The number of hydrogen-bond donors (Lipinski definition) is 2. The third kappa shape index (κ3) is 2.40. The Hall–Kier alpha value is -0.160. The maximum Gasteiger partial charge on any atom is 0.0617 e. The van der Waals surface area contributed by atoms with Crippen LogP contribution in [0.15, 0.2) is 0 Å². The van der Waals surface area contributed by atoms with Crippen molar-refractivity contribution in [1.29, 1.82) is 0 Å². The molecule has 16 heavy (non-hydrogen) atoms. The molecule has 3 atom stereocenters. The first kappa shape index (κ1) is 12.3. The standard InChI is InChI=1S/C12H25N3O/c1-14(2)8-5-13-12(10-16)4-7-15-6-3-11(12)9-15/h11,13,16H,3-10H2,1-2H3. The largest absolute Gasteiger partial charge is 0.394 e. The van der Waals surface area contributed by atoms with Crippen LogP contribution < -0.4 is 5.32 Å². The Kier molecular flexibility index (Phi) is 3.85. The van der Waals surface area contributed by atoms with E-state index in [0.717, 1.165) is 26.1 Å². The van der Waals surface area contributed by atoms with Gasteiger partial charge in [0, 0.05) is 25.2 Å². The van der Waals surface area contributed by atoms with Gasteiger partial charge in [0.1, 0.15) is 0 Å². The Morgan fingerprint density at radius 3 is 2.94 bits per heavy atom. The molecule has 0 aromatic rings. The summed E-state index contributed by atoms with van der Waals surface area (Å²) in [7, 11) is 4.18. The van der Waals surface area contributed by atoms with Crippen molar-refractivity contribution in [1.82, 2.24) is 15.1 Å². The van der Waals surface area contributed by atoms with E-state index in [9.17, 15) is 5.11 Å². The number of aliphatic hydroxyl groups excluding tert-OH is 1. The zero-order valence-electron chi connectivity index (χ0n) is 10.6. The van der Waals surface area contributed by atoms with Crippen LogP contribution >= 0.6 is 0 Å². The van der Waals surface area contributed by atoms with Gasteiger partial charge in [-0.3, -0.25) is 0 Å². The summed E-state index contributed by atoms with van der Waals surface area (Å²) in [5.41, 5.74) is 0.00299. The summed E-state index contributed by atoms with van der Waals surface area (Å²) >= 11 is 0. The average Bonchev–Trinajstić information content (AvgIpc) is 2.66. The normalized spacial score (nSPS) is 38.2. The molecule has 4 nitrogen and oxygen atoms in total. The molecule has 2 aliphatic heterocycles. The van der Waals surface area contributed by atoms with Crippen LogP contribution in [0.4, 0.5) is 0 Å². The molecule has 0 spiro atoms. The van der Waals surface area contributed by atoms with Gasteiger partial charge in [0.2, 0.25) is 0 Å². The van der Waals surface area contributed by atoms with Crippen molar-refractivity contribution in [3.63, 3.8) is 0 Å². The zero-order chi connectivity index (χ0) is 11.6. The third-order valence-electron chi connectivity index (χ3n) is 4.25. The van der Waals surface area contributed by atoms with Crippen molar-refractivity contribution < 1.29 is 5.11 Å². The second-order valence-electron chi connectivity index (χ2n) is 5.58. The van der Waals surface area contributed by atoms with E-state index in [2.05, 4.69) is 29.2 Å². The van der Waals surface area contributed by atoms with Crippen molar-refractivity contribution in [2.75, 3.05) is 53.4 Å². The van der Waals surface area contributed by atoms with Crippen molar-refractivity contribution in [2.45, 2.75) is 18.4 Å². The van der Waals surface area contributed by atoms with Crippen LogP contribution in [0.1, 0.15) is 12.8 Å². The molecule has 2 aliphatic rings. The summed E-state index contributed by atoms with van der Waals surface area (Å²) in [4.78, 5) is 4.70. The molecular weight excluding hydrogens is 202 g/mol. The predicted molar refractivity (Wildman–Crippen MR) is 65.5 cm³/mol. The highest BCUT2D eigenvalue weighted by molar-refractivity contribution is 5.02. The van der Waals surface area contributed by atoms with Gasteiger partial charge in [-0.2, -0.15) is 0 Å². The van der Waals surface area contributed by atoms with E-state index in [1.165, 1.54) is 19.5 Å². The highest BCUT2D eigenvalue weighted by atomic mass is 16.3. The minimum atomic E-state index is 0.00299. The number of aliphatic hydroxyl groups is 1. The Bertz CT molecular complexity index is 234. The van der Waals surface area contributed by atoms with Crippen LogP contribution in [0.2, 0.25) is 0 Å². The first-order valence-corrected chi connectivity index (χ1v) is 6.39. The molecule has 0 saturated carbocycles. The smallest absolute Gasteiger partial charge is 0.0617 e. The Balaban J connectivity index is 1.90. The molecule has 0 radical (unpaired) electrons. The Morgan fingerprint density at radius 1 is 1.44 bits per heavy atom. The fourth-order valence-corrected chi connectivity index (χ4v) is 3.07. The molecule has 94 valence electrons. The van der Waals surface area contributed by atoms with Gasteiger partial charge in [-0.1, -0.05) is 0 Å². The lowest BCUT2D eigenvalue weighted by Gasteiger charge is -2.42. The number of fused-ring (bicyclic) bond motifs is 2. The number of likely N-dealkylation sites (N-methyl/N-ethyl adjacent to an activating group) is 1. The van der Waals surface area contributed by atoms with Crippen molar-refractivity contribution in [3.8, 4) is 0 Å². The van der Waals surface area contributed by atoms with Gasteiger partial charge < -0.3 is 20.2 Å². The lowest BCUT2D eigenvalue weighted by molar-refractivity contribution is 0.0640. The fourth-order valence-electron chi connectivity index (χ4n) is 3.07. The highest BCUT2D eigenvalue weighted by Crippen LogP contribution is 2.35. The van der Waals surface area contributed by atoms with Crippen molar-refractivity contribution >= 4 is 0 Å². The molecule has 2 heterocycles. The lowest BCUT2D eigenvalue weighted by atomic mass is 9.79. The summed E-state index contributed by atoms with van der Waals surface area (Å²) in [5, 5.41) is 13.4. The lowest BCUT2D eigenvalue weighted by Crippen LogP contribution is -2.59. The molecule has 2 bridgehead atoms. The van der Waals surface area contributed by atoms with Crippen LogP contribution in [0.5, 0.6) is 0 Å². The molecule has 2 fully saturated rings. The van der Waals surface area contributed by atoms with Crippen LogP contribution in [0.25, 0.3) is 0 Å². The minimum Gasteiger partial charge on any atom is -0.394 e. The van der Waals surface area contributed by atoms with Gasteiger partial charge in [-0.15, -0.1) is 0 Å². The second-order valence-corrected chi connectivity index (χ2v) is 5.58. The third-order valence-corrected chi connectivity index (χ3v) is 4.25. The molecule has 4 heteroatoms. The van der Waals surface area contributed by atoms with Gasteiger partial charge in [-0.05, 0) is 45.9 Å². The number of nitrogens with one attached hydrogen (secondary N) is 1. The summed E-state index contributed by atoms with van der Waals surface area (Å²) in [6.07, 6.45) is 2.34. The molecule has 0 aromatic carbocycles. The van der Waals surface area contributed by atoms with E-state index in [-0.39, 0.29) is 5.54 Å². The van der Waals surface area contributed by atoms with Crippen LogP contribution in [-0.2, 0) is 0 Å². The van der Waals surface area contributed by atoms with E-state index in [1.807, 2.05) is 0 Å². The van der Waals surface area contributed by atoms with Crippen LogP contribution in [-0.4, -0.2) is 73.9 Å². The Morgan fingerprint density at radius 2 is 2.25 bits per heavy atom. The summed E-state index contributed by atoms with van der Waals surface area (Å²) < 4.78 is 0. The quantitative estimate of drug-likeness (QED) is 0.670. The highest BCUT2D eigenvalue weighted by Gasteiger charge is 2.45. The van der Waals surface area contributed by atoms with E-state index in [4.69, 9.17) is 0 Å². The number of nitrogens with zero attached hydrogens (tertiary/aromatic N) is 2. The van der Waals surface area contributed by atoms with Gasteiger partial charge in [0.25, 0.3) is 0 Å². The van der Waals surface area contributed by atoms with E-state index >= 15 is 0 Å². The monoisotopic (exact) mass is 227 g/mol. The predicted octanol–water partition coefficient (Wildman–Crippen LogP) is -0.406. The second kappa shape index (κ2) is 5.00. The van der Waals surface area contributed by atoms with E-state index in [1.54, 1.807) is 0 Å². The van der Waals surface area contributed by atoms with E-state index in [0.29, 0.717) is 12.5 Å². The topological polar surface area (TPSA) is 38.7 Å². The van der Waals surface area contributed by atoms with Gasteiger partial charge in [-0.25, -0.2) is 0 Å². The van der Waals surface area contributed by atoms with Crippen LogP contribution in [0.3, 0.4) is 0 Å². The van der Waals surface area contributed by atoms with Crippen LogP contribution in [0, 0.1) is 5.92 Å². The first-order chi connectivity index (χ1) is 7.66. The molecule has 2 N–H and O–H groups in total. The maximum absolute atomic E-state index is 9.73. The minimum absolute atomic E-state index is 0.00299. The summed E-state index contributed by atoms with van der Waals surface area (Å²) in [5.74, 6) is 0.647. The SMILES string of the molecule is CN(C)CCNC1(CO)CCN2CCC1C2. The summed E-state index contributed by atoms with van der Waals surface area (Å²) in [6.45, 7) is 5.85. The Labute approximate surface area is 98.6 Å². The molecule has 0 amide bonds. The molecule has 2 saturated heterocycles. The van der Waals surface area contributed by atoms with Crippen molar-refractivity contribution in [3.05, 3.63) is 0 Å². The average molecular weight is 227 g/mol. The number of piperidine rings is 1. The molecule has 0 aliphatic carbocycles. The van der Waals surface area contributed by atoms with Gasteiger partial charge in [0.15, 0.2) is 0 Å². The molecule has 3 unspecified atom stereocenters.